The molecule has 0 aliphatic carbocycles. The van der Waals surface area contributed by atoms with Gasteiger partial charge in [-0.15, -0.1) is 0 Å². The summed E-state index contributed by atoms with van der Waals surface area (Å²) in [6, 6.07) is 16.7. The monoisotopic (exact) mass is 446 g/mol. The van der Waals surface area contributed by atoms with Crippen molar-refractivity contribution in [2.24, 2.45) is 0 Å². The number of carbonyl (C=O) groups is 2. The van der Waals surface area contributed by atoms with Gasteiger partial charge in [-0.2, -0.15) is 0 Å². The first-order valence-electron chi connectivity index (χ1n) is 11.3. The topological polar surface area (TPSA) is 78.7 Å². The molecule has 1 aliphatic heterocycles. The Kier molecular flexibility index (Phi) is 6.89. The highest BCUT2D eigenvalue weighted by molar-refractivity contribution is 5.96. The lowest BCUT2D eigenvalue weighted by molar-refractivity contribution is -0.134. The molecule has 2 aromatic carbocycles. The molecule has 0 radical (unpaired) electrons. The van der Waals surface area contributed by atoms with Crippen molar-refractivity contribution in [2.75, 3.05) is 33.2 Å². The number of aromatic nitrogens is 1. The Labute approximate surface area is 194 Å². The first-order valence-corrected chi connectivity index (χ1v) is 11.3. The first kappa shape index (κ1) is 22.7. The minimum Gasteiger partial charge on any atom is -0.355 e. The summed E-state index contributed by atoms with van der Waals surface area (Å²) in [5.41, 5.74) is 4.18. The van der Waals surface area contributed by atoms with E-state index in [0.29, 0.717) is 25.3 Å². The van der Waals surface area contributed by atoms with Gasteiger partial charge in [0.2, 0.25) is 5.91 Å². The number of piperazine rings is 1. The maximum absolute atomic E-state index is 13.3. The van der Waals surface area contributed by atoms with E-state index >= 15 is 0 Å². The van der Waals surface area contributed by atoms with Gasteiger partial charge in [0.15, 0.2) is 11.5 Å². The molecule has 1 aliphatic rings. The number of nitrogens with one attached hydrogen (secondary N) is 1. The second-order valence-corrected chi connectivity index (χ2v) is 8.74. The van der Waals surface area contributed by atoms with E-state index in [-0.39, 0.29) is 11.6 Å². The quantitative estimate of drug-likeness (QED) is 0.630. The van der Waals surface area contributed by atoms with Crippen LogP contribution >= 0.6 is 0 Å². The molecular formula is C26H30N4O3. The van der Waals surface area contributed by atoms with Crippen LogP contribution in [0.4, 0.5) is 0 Å². The summed E-state index contributed by atoms with van der Waals surface area (Å²) in [5.74, 6) is 0.0450. The maximum Gasteiger partial charge on any atom is 0.274 e. The van der Waals surface area contributed by atoms with Crippen LogP contribution in [0, 0.1) is 13.8 Å². The Morgan fingerprint density at radius 3 is 2.48 bits per heavy atom. The molecule has 7 heteroatoms. The molecule has 0 unspecified atom stereocenters. The molecule has 2 amide bonds. The molecule has 172 valence electrons. The standard InChI is InChI=1S/C26H30N4O3/c1-18-9-10-19(2)21(15-18)24-17-22(28-33-24)25(31)27-23(16-20-7-5-4-6-8-20)26(32)30-13-11-29(3)12-14-30/h4-10,15,17,23H,11-14,16H2,1-3H3,(H,27,31)/t23-/m1/s1. The van der Waals surface area contributed by atoms with Gasteiger partial charge in [0, 0.05) is 44.2 Å². The summed E-state index contributed by atoms with van der Waals surface area (Å²) in [5, 5.41) is 6.90. The third-order valence-electron chi connectivity index (χ3n) is 6.10. The Morgan fingerprint density at radius 1 is 1.03 bits per heavy atom. The molecule has 1 saturated heterocycles. The second-order valence-electron chi connectivity index (χ2n) is 8.74. The molecule has 1 fully saturated rings. The van der Waals surface area contributed by atoms with Crippen molar-refractivity contribution in [3.8, 4) is 11.3 Å². The van der Waals surface area contributed by atoms with Crippen LogP contribution in [-0.2, 0) is 11.2 Å². The Balaban J connectivity index is 1.53. The van der Waals surface area contributed by atoms with Crippen LogP contribution in [0.5, 0.6) is 0 Å². The summed E-state index contributed by atoms with van der Waals surface area (Å²) < 4.78 is 5.48. The molecule has 7 nitrogen and oxygen atoms in total. The van der Waals surface area contributed by atoms with E-state index in [9.17, 15) is 9.59 Å². The second kappa shape index (κ2) is 10.0. The zero-order chi connectivity index (χ0) is 23.4. The smallest absolute Gasteiger partial charge is 0.274 e. The van der Waals surface area contributed by atoms with Crippen molar-refractivity contribution in [3.05, 3.63) is 77.0 Å². The Bertz CT molecular complexity index is 1120. The van der Waals surface area contributed by atoms with Gasteiger partial charge < -0.3 is 19.6 Å². The average molecular weight is 447 g/mol. The number of hydrogen-bond donors (Lipinski definition) is 1. The third kappa shape index (κ3) is 5.49. The molecule has 0 saturated carbocycles. The molecule has 0 bridgehead atoms. The molecule has 33 heavy (non-hydrogen) atoms. The average Bonchev–Trinajstić information content (AvgIpc) is 3.31. The number of carbonyl (C=O) groups excluding carboxylic acids is 2. The van der Waals surface area contributed by atoms with E-state index < -0.39 is 11.9 Å². The van der Waals surface area contributed by atoms with Gasteiger partial charge in [0.05, 0.1) is 0 Å². The summed E-state index contributed by atoms with van der Waals surface area (Å²) in [6.45, 7) is 6.93. The normalized spacial score (nSPS) is 15.3. The SMILES string of the molecule is Cc1ccc(C)c(-c2cc(C(=O)N[C@H](Cc3ccccc3)C(=O)N3CCN(C)CC3)no2)c1. The lowest BCUT2D eigenvalue weighted by Gasteiger charge is -2.34. The van der Waals surface area contributed by atoms with Crippen molar-refractivity contribution in [3.63, 3.8) is 0 Å². The Morgan fingerprint density at radius 2 is 1.76 bits per heavy atom. The highest BCUT2D eigenvalue weighted by Crippen LogP contribution is 2.25. The molecule has 1 atom stereocenters. The van der Waals surface area contributed by atoms with Crippen LogP contribution < -0.4 is 5.32 Å². The summed E-state index contributed by atoms with van der Waals surface area (Å²) in [4.78, 5) is 30.4. The Hall–Kier alpha value is -3.45. The third-order valence-corrected chi connectivity index (χ3v) is 6.10. The molecule has 3 aromatic rings. The van der Waals surface area contributed by atoms with Crippen LogP contribution in [-0.4, -0.2) is 66.0 Å². The van der Waals surface area contributed by atoms with E-state index in [1.54, 1.807) is 6.07 Å². The minimum absolute atomic E-state index is 0.0708. The van der Waals surface area contributed by atoms with Crippen molar-refractivity contribution in [1.29, 1.82) is 0 Å². The zero-order valence-electron chi connectivity index (χ0n) is 19.4. The van der Waals surface area contributed by atoms with E-state index in [1.165, 1.54) is 0 Å². The number of nitrogens with zero attached hydrogens (tertiary/aromatic N) is 3. The fraction of sp³-hybridized carbons (Fsp3) is 0.346. The number of benzene rings is 2. The number of amides is 2. The zero-order valence-corrected chi connectivity index (χ0v) is 19.4. The van der Waals surface area contributed by atoms with Crippen molar-refractivity contribution >= 4 is 11.8 Å². The van der Waals surface area contributed by atoms with Crippen LogP contribution in [0.1, 0.15) is 27.2 Å². The number of likely N-dealkylation sites (N-methyl/N-ethyl adjacent to an activating group) is 1. The predicted octanol–water partition coefficient (Wildman–Crippen LogP) is 3.07. The van der Waals surface area contributed by atoms with Crippen LogP contribution in [0.15, 0.2) is 59.1 Å². The van der Waals surface area contributed by atoms with Crippen molar-refractivity contribution < 1.29 is 14.1 Å². The largest absolute Gasteiger partial charge is 0.355 e. The van der Waals surface area contributed by atoms with Gasteiger partial charge in [-0.25, -0.2) is 0 Å². The van der Waals surface area contributed by atoms with E-state index in [2.05, 4.69) is 15.4 Å². The predicted molar refractivity (Wildman–Crippen MR) is 127 cm³/mol. The van der Waals surface area contributed by atoms with E-state index in [4.69, 9.17) is 4.52 Å². The van der Waals surface area contributed by atoms with Gasteiger partial charge in [0.1, 0.15) is 6.04 Å². The van der Waals surface area contributed by atoms with E-state index in [0.717, 1.165) is 35.3 Å². The van der Waals surface area contributed by atoms with Crippen LogP contribution in [0.3, 0.4) is 0 Å². The van der Waals surface area contributed by atoms with Gasteiger partial charge in [0.25, 0.3) is 5.91 Å². The molecule has 2 heterocycles. The fourth-order valence-corrected chi connectivity index (χ4v) is 4.04. The molecular weight excluding hydrogens is 416 g/mol. The maximum atomic E-state index is 13.3. The molecule has 0 spiro atoms. The van der Waals surface area contributed by atoms with Gasteiger partial charge >= 0.3 is 0 Å². The number of hydrogen-bond acceptors (Lipinski definition) is 5. The van der Waals surface area contributed by atoms with E-state index in [1.807, 2.05) is 74.3 Å². The lowest BCUT2D eigenvalue weighted by Crippen LogP contribution is -2.55. The summed E-state index contributed by atoms with van der Waals surface area (Å²) >= 11 is 0. The van der Waals surface area contributed by atoms with Gasteiger partial charge in [-0.05, 0) is 38.1 Å². The molecule has 4 rings (SSSR count). The fourth-order valence-electron chi connectivity index (χ4n) is 4.04. The molecule has 1 N–H and O–H groups in total. The minimum atomic E-state index is -0.677. The highest BCUT2D eigenvalue weighted by atomic mass is 16.5. The summed E-state index contributed by atoms with van der Waals surface area (Å²) in [7, 11) is 2.04. The van der Waals surface area contributed by atoms with Crippen LogP contribution in [0.25, 0.3) is 11.3 Å². The lowest BCUT2D eigenvalue weighted by atomic mass is 10.0. The molecule has 1 aromatic heterocycles. The highest BCUT2D eigenvalue weighted by Gasteiger charge is 2.29. The van der Waals surface area contributed by atoms with Gasteiger partial charge in [-0.3, -0.25) is 9.59 Å². The van der Waals surface area contributed by atoms with Gasteiger partial charge in [-0.1, -0.05) is 53.2 Å². The van der Waals surface area contributed by atoms with Crippen molar-refractivity contribution in [2.45, 2.75) is 26.3 Å². The number of rotatable bonds is 6. The van der Waals surface area contributed by atoms with Crippen LogP contribution in [0.2, 0.25) is 0 Å². The number of aryl methyl sites for hydroxylation is 2. The van der Waals surface area contributed by atoms with Crippen molar-refractivity contribution in [1.82, 2.24) is 20.3 Å². The first-order chi connectivity index (χ1) is 15.9. The summed E-state index contributed by atoms with van der Waals surface area (Å²) in [6.07, 6.45) is 0.416.